The van der Waals surface area contributed by atoms with Crippen LogP contribution in [0.1, 0.15) is 49.0 Å². The number of aromatic nitrogens is 1. The Bertz CT molecular complexity index is 555. The van der Waals surface area contributed by atoms with Crippen LogP contribution in [-0.4, -0.2) is 35.1 Å². The molecule has 0 radical (unpaired) electrons. The first-order valence-electron chi connectivity index (χ1n) is 7.80. The topological polar surface area (TPSA) is 71.5 Å². The average Bonchev–Trinajstić information content (AvgIpc) is 3.05. The molecule has 2 aliphatic rings. The lowest BCUT2D eigenvalue weighted by molar-refractivity contribution is -0.161. The van der Waals surface area contributed by atoms with E-state index in [1.165, 1.54) is 25.0 Å². The lowest BCUT2D eigenvalue weighted by atomic mass is 9.63. The number of hydrogen-bond donors (Lipinski definition) is 1. The number of nitrogens with zero attached hydrogens (tertiary/aromatic N) is 2. The van der Waals surface area contributed by atoms with Crippen LogP contribution in [0.4, 0.5) is 4.79 Å². The molecule has 0 aromatic carbocycles. The summed E-state index contributed by atoms with van der Waals surface area (Å²) in [5, 5.41) is 3.67. The van der Waals surface area contributed by atoms with Crippen molar-refractivity contribution in [3.05, 3.63) is 30.1 Å². The second-order valence-corrected chi connectivity index (χ2v) is 6.10. The van der Waals surface area contributed by atoms with E-state index in [-0.39, 0.29) is 17.4 Å². The first-order chi connectivity index (χ1) is 10.7. The first kappa shape index (κ1) is 14.8. The molecular formula is C16H21N3O3. The fourth-order valence-corrected chi connectivity index (χ4v) is 3.69. The Morgan fingerprint density at radius 3 is 2.64 bits per heavy atom. The van der Waals surface area contributed by atoms with Crippen LogP contribution in [0.3, 0.4) is 0 Å². The van der Waals surface area contributed by atoms with Crippen LogP contribution in [0.15, 0.2) is 24.4 Å². The van der Waals surface area contributed by atoms with Crippen LogP contribution in [0.25, 0.3) is 0 Å². The number of hydrogen-bond acceptors (Lipinski definition) is 4. The van der Waals surface area contributed by atoms with Crippen LogP contribution < -0.4 is 5.32 Å². The third-order valence-electron chi connectivity index (χ3n) is 4.97. The van der Waals surface area contributed by atoms with Crippen molar-refractivity contribution in [1.29, 1.82) is 0 Å². The number of carbonyl (C=O) groups is 2. The maximum Gasteiger partial charge on any atom is 0.431 e. The smallest absolute Gasteiger partial charge is 0.323 e. The van der Waals surface area contributed by atoms with Gasteiger partial charge in [0.15, 0.2) is 0 Å². The van der Waals surface area contributed by atoms with E-state index in [2.05, 4.69) is 10.3 Å². The van der Waals surface area contributed by atoms with Crippen LogP contribution >= 0.6 is 0 Å². The molecule has 1 spiro atoms. The van der Waals surface area contributed by atoms with Gasteiger partial charge in [-0.15, -0.1) is 0 Å². The van der Waals surface area contributed by atoms with Crippen LogP contribution in [-0.2, 0) is 4.84 Å². The number of amides is 2. The van der Waals surface area contributed by atoms with Crippen molar-refractivity contribution >= 4 is 12.0 Å². The van der Waals surface area contributed by atoms with Crippen molar-refractivity contribution in [3.8, 4) is 0 Å². The number of rotatable bonds is 2. The molecule has 1 aromatic rings. The van der Waals surface area contributed by atoms with Crippen molar-refractivity contribution in [2.24, 2.45) is 5.41 Å². The highest BCUT2D eigenvalue weighted by Gasteiger charge is 2.53. The van der Waals surface area contributed by atoms with E-state index in [0.717, 1.165) is 25.7 Å². The lowest BCUT2D eigenvalue weighted by Gasteiger charge is -2.50. The van der Waals surface area contributed by atoms with E-state index in [0.29, 0.717) is 5.69 Å². The number of carbonyl (C=O) groups excluding carboxylic acids is 2. The van der Waals surface area contributed by atoms with Crippen LogP contribution in [0.5, 0.6) is 0 Å². The summed E-state index contributed by atoms with van der Waals surface area (Å²) in [5.41, 5.74) is 0.421. The van der Waals surface area contributed by atoms with Gasteiger partial charge in [-0.1, -0.05) is 18.9 Å². The molecule has 2 amide bonds. The zero-order valence-electron chi connectivity index (χ0n) is 12.7. The van der Waals surface area contributed by atoms with Gasteiger partial charge in [-0.2, -0.15) is 5.06 Å². The zero-order valence-corrected chi connectivity index (χ0v) is 12.7. The van der Waals surface area contributed by atoms with Crippen molar-refractivity contribution in [3.63, 3.8) is 0 Å². The van der Waals surface area contributed by atoms with Gasteiger partial charge < -0.3 is 10.2 Å². The van der Waals surface area contributed by atoms with Crippen molar-refractivity contribution in [2.45, 2.75) is 44.6 Å². The Hall–Kier alpha value is -2.11. The molecule has 0 bridgehead atoms. The molecule has 6 nitrogen and oxygen atoms in total. The summed E-state index contributed by atoms with van der Waals surface area (Å²) in [7, 11) is 1.48. The van der Waals surface area contributed by atoms with Gasteiger partial charge in [-0.25, -0.2) is 4.79 Å². The Labute approximate surface area is 129 Å². The number of nitrogens with one attached hydrogen (secondary N) is 1. The SMILES string of the molecule is CNC(=O)ON(C(=O)c1ccccn1)C1CCC12CCCC2. The van der Waals surface area contributed by atoms with Gasteiger partial charge in [-0.3, -0.25) is 9.78 Å². The first-order valence-corrected chi connectivity index (χ1v) is 7.80. The molecular weight excluding hydrogens is 282 g/mol. The van der Waals surface area contributed by atoms with E-state index >= 15 is 0 Å². The molecule has 0 saturated heterocycles. The monoisotopic (exact) mass is 303 g/mol. The maximum atomic E-state index is 12.7. The Balaban J connectivity index is 1.84. The summed E-state index contributed by atoms with van der Waals surface area (Å²) in [6.45, 7) is 0. The molecule has 1 unspecified atom stereocenters. The van der Waals surface area contributed by atoms with E-state index in [1.807, 2.05) is 0 Å². The van der Waals surface area contributed by atoms with Gasteiger partial charge in [0.2, 0.25) is 0 Å². The highest BCUT2D eigenvalue weighted by atomic mass is 16.7. The molecule has 1 heterocycles. The minimum absolute atomic E-state index is 0.0400. The van der Waals surface area contributed by atoms with Crippen molar-refractivity contribution in [2.75, 3.05) is 7.05 Å². The maximum absolute atomic E-state index is 12.7. The van der Waals surface area contributed by atoms with Gasteiger partial charge in [0.05, 0.1) is 6.04 Å². The second kappa shape index (κ2) is 5.94. The van der Waals surface area contributed by atoms with Gasteiger partial charge in [0.1, 0.15) is 5.69 Å². The zero-order chi connectivity index (χ0) is 15.6. The summed E-state index contributed by atoms with van der Waals surface area (Å²) in [5.74, 6) is -0.347. The second-order valence-electron chi connectivity index (χ2n) is 6.10. The third kappa shape index (κ3) is 2.53. The van der Waals surface area contributed by atoms with E-state index < -0.39 is 6.09 Å². The van der Waals surface area contributed by atoms with Gasteiger partial charge in [-0.05, 0) is 43.2 Å². The fraction of sp³-hybridized carbons (Fsp3) is 0.562. The molecule has 2 saturated carbocycles. The van der Waals surface area contributed by atoms with E-state index in [4.69, 9.17) is 4.84 Å². The number of pyridine rings is 1. The Kier molecular flexibility index (Phi) is 4.00. The largest absolute Gasteiger partial charge is 0.431 e. The summed E-state index contributed by atoms with van der Waals surface area (Å²) in [6.07, 6.45) is 7.48. The third-order valence-corrected chi connectivity index (χ3v) is 4.97. The summed E-state index contributed by atoms with van der Waals surface area (Å²) >= 11 is 0. The molecule has 118 valence electrons. The van der Waals surface area contributed by atoms with Gasteiger partial charge in [0.25, 0.3) is 0 Å². The normalized spacial score (nSPS) is 22.0. The minimum atomic E-state index is -0.621. The highest BCUT2D eigenvalue weighted by molar-refractivity contribution is 5.92. The predicted molar refractivity (Wildman–Crippen MR) is 79.9 cm³/mol. The molecule has 1 atom stereocenters. The minimum Gasteiger partial charge on any atom is -0.323 e. The van der Waals surface area contributed by atoms with Crippen molar-refractivity contribution < 1.29 is 14.4 Å². The summed E-state index contributed by atoms with van der Waals surface area (Å²) in [6, 6.07) is 5.11. The molecule has 3 rings (SSSR count). The Morgan fingerprint density at radius 1 is 1.32 bits per heavy atom. The number of hydroxylamine groups is 2. The summed E-state index contributed by atoms with van der Waals surface area (Å²) < 4.78 is 0. The molecule has 6 heteroatoms. The van der Waals surface area contributed by atoms with Crippen LogP contribution in [0.2, 0.25) is 0 Å². The standard InChI is InChI=1S/C16H21N3O3/c1-17-15(21)22-19(14(20)12-6-2-5-11-18-12)13-7-10-16(13)8-3-4-9-16/h2,5-6,11,13H,3-4,7-10H2,1H3,(H,17,21). The Morgan fingerprint density at radius 2 is 2.09 bits per heavy atom. The van der Waals surface area contributed by atoms with Crippen molar-refractivity contribution in [1.82, 2.24) is 15.4 Å². The van der Waals surface area contributed by atoms with E-state index in [9.17, 15) is 9.59 Å². The molecule has 2 aliphatic carbocycles. The van der Waals surface area contributed by atoms with Gasteiger partial charge >= 0.3 is 12.0 Å². The fourth-order valence-electron chi connectivity index (χ4n) is 3.69. The lowest BCUT2D eigenvalue weighted by Crippen LogP contribution is -2.57. The quantitative estimate of drug-likeness (QED) is 0.852. The predicted octanol–water partition coefficient (Wildman–Crippen LogP) is 2.52. The average molecular weight is 303 g/mol. The van der Waals surface area contributed by atoms with E-state index in [1.54, 1.807) is 24.4 Å². The molecule has 0 aliphatic heterocycles. The van der Waals surface area contributed by atoms with Crippen LogP contribution in [0, 0.1) is 5.41 Å². The molecule has 1 N–H and O–H groups in total. The molecule has 1 aromatic heterocycles. The summed E-state index contributed by atoms with van der Waals surface area (Å²) in [4.78, 5) is 33.8. The molecule has 22 heavy (non-hydrogen) atoms. The van der Waals surface area contributed by atoms with Gasteiger partial charge in [0, 0.05) is 13.2 Å². The highest BCUT2D eigenvalue weighted by Crippen LogP contribution is 2.55. The molecule has 2 fully saturated rings.